The number of rotatable bonds is 14. The van der Waals surface area contributed by atoms with E-state index in [1.807, 2.05) is 0 Å². The average molecular weight is 1160 g/mol. The fourth-order valence-electron chi connectivity index (χ4n) is 15.9. The van der Waals surface area contributed by atoms with Crippen LogP contribution in [0.1, 0.15) is 181 Å². The van der Waals surface area contributed by atoms with Crippen LogP contribution in [0.3, 0.4) is 0 Å². The number of hydrogen-bond acceptors (Lipinski definition) is 0. The van der Waals surface area contributed by atoms with Gasteiger partial charge in [0.2, 0.25) is 0 Å². The molecule has 10 rings (SSSR count). The minimum absolute atomic E-state index is 0. The van der Waals surface area contributed by atoms with Crippen molar-refractivity contribution in [3.05, 3.63) is 121 Å². The second-order valence-electron chi connectivity index (χ2n) is 22.6. The monoisotopic (exact) mass is 1160 g/mol. The summed E-state index contributed by atoms with van der Waals surface area (Å²) in [5, 5.41) is 6.54. The Morgan fingerprint density at radius 3 is 0.776 bits per heavy atom. The molecule has 0 N–H and O–H groups in total. The molecule has 0 aliphatic heterocycles. The Bertz CT molecular complexity index is 1680. The molecule has 0 bridgehead atoms. The third-order valence-electron chi connectivity index (χ3n) is 18.8. The van der Waals surface area contributed by atoms with E-state index in [1.54, 1.807) is 85.4 Å². The molecule has 5 heteroatoms. The second-order valence-corrected chi connectivity index (χ2v) is 35.1. The molecule has 0 nitrogen and oxygen atoms in total. The van der Waals surface area contributed by atoms with Crippen LogP contribution in [-0.2, 0) is 22.4 Å². The van der Waals surface area contributed by atoms with Gasteiger partial charge < -0.3 is 0 Å². The summed E-state index contributed by atoms with van der Waals surface area (Å²) in [5.74, 6) is 1.94. The zero-order valence-corrected chi connectivity index (χ0v) is 48.2. The van der Waals surface area contributed by atoms with Crippen molar-refractivity contribution in [3.63, 3.8) is 0 Å². The zero-order valence-electron chi connectivity index (χ0n) is 42.0. The topological polar surface area (TPSA) is 0 Å². The maximum atomic E-state index is 2.68. The molecule has 0 heterocycles. The predicted molar refractivity (Wildman–Crippen MR) is 306 cm³/mol. The molecule has 4 aromatic carbocycles. The van der Waals surface area contributed by atoms with Crippen molar-refractivity contribution < 1.29 is 22.4 Å². The standard InChI is InChI=1S/2C31H44P2.Au/c2*1-25(32(26-15-6-2-7-16-26)27-17-8-3-9-18-27)30-23-14-24-31(30)33(28-19-10-4-11-20-28)29-21-12-5-13-22-29;/h2*2-3,6-9,15-18,25,28-31H,4-5,10-14,19-24H2,1H3;/p+4/t2*25-,30?,31?;/m10./s1. The summed E-state index contributed by atoms with van der Waals surface area (Å²) in [6, 6.07) is 46.5. The molecule has 6 fully saturated rings. The van der Waals surface area contributed by atoms with Gasteiger partial charge in [-0.15, -0.1) is 0 Å². The van der Waals surface area contributed by atoms with Crippen molar-refractivity contribution in [1.29, 1.82) is 0 Å². The molecule has 4 aromatic rings. The first kappa shape index (κ1) is 52.7. The third kappa shape index (κ3) is 13.5. The van der Waals surface area contributed by atoms with E-state index >= 15 is 0 Å². The van der Waals surface area contributed by atoms with Gasteiger partial charge in [0.1, 0.15) is 0 Å². The summed E-state index contributed by atoms with van der Waals surface area (Å²) in [5.41, 5.74) is 8.37. The normalized spacial score (nSPS) is 25.8. The number of hydrogen-bond donors (Lipinski definition) is 0. The van der Waals surface area contributed by atoms with Crippen LogP contribution in [0.15, 0.2) is 121 Å². The molecule has 0 amide bonds. The van der Waals surface area contributed by atoms with Gasteiger partial charge in [0.25, 0.3) is 0 Å². The molecule has 6 aliphatic rings. The maximum Gasteiger partial charge on any atom is 0.0969 e. The molecular weight excluding hydrogens is 1070 g/mol. The van der Waals surface area contributed by atoms with Gasteiger partial charge in [-0.05, 0) is 204 Å². The van der Waals surface area contributed by atoms with E-state index in [2.05, 4.69) is 135 Å². The second kappa shape index (κ2) is 27.4. The fraction of sp³-hybridized carbons (Fsp3) is 0.613. The molecule has 0 saturated heterocycles. The molecule has 367 valence electrons. The minimum atomic E-state index is -0.770. The third-order valence-corrected chi connectivity index (χ3v) is 34.6. The van der Waals surface area contributed by atoms with Crippen LogP contribution in [-0.4, -0.2) is 45.3 Å². The van der Waals surface area contributed by atoms with Crippen LogP contribution in [0.5, 0.6) is 0 Å². The van der Waals surface area contributed by atoms with Crippen molar-refractivity contribution >= 4 is 52.9 Å². The average Bonchev–Trinajstić information content (AvgIpc) is 4.08. The summed E-state index contributed by atoms with van der Waals surface area (Å²) < 4.78 is 0. The van der Waals surface area contributed by atoms with E-state index in [9.17, 15) is 0 Å². The van der Waals surface area contributed by atoms with Gasteiger partial charge in [-0.2, -0.15) is 0 Å². The minimum Gasteiger partial charge on any atom is -0.0620 e. The first-order valence-corrected chi connectivity index (χ1v) is 35.0. The van der Waals surface area contributed by atoms with Gasteiger partial charge in [-0.3, -0.25) is 0 Å². The molecule has 67 heavy (non-hydrogen) atoms. The van der Waals surface area contributed by atoms with E-state index in [0.717, 1.165) is 57.1 Å². The van der Waals surface area contributed by atoms with Crippen molar-refractivity contribution in [2.24, 2.45) is 11.8 Å². The van der Waals surface area contributed by atoms with Crippen molar-refractivity contribution in [2.45, 2.75) is 226 Å². The Labute approximate surface area is 431 Å². The van der Waals surface area contributed by atoms with Gasteiger partial charge in [0.15, 0.2) is 0 Å². The summed E-state index contributed by atoms with van der Waals surface area (Å²) in [4.78, 5) is 0. The Morgan fingerprint density at radius 2 is 0.537 bits per heavy atom. The zero-order chi connectivity index (χ0) is 44.9. The van der Waals surface area contributed by atoms with E-state index in [4.69, 9.17) is 0 Å². The summed E-state index contributed by atoms with van der Waals surface area (Å²) in [6.07, 6.45) is 40.1. The van der Waals surface area contributed by atoms with Crippen LogP contribution in [0.4, 0.5) is 0 Å². The molecular formula is C62H92AuP4+4. The smallest absolute Gasteiger partial charge is 0.0620 e. The van der Waals surface area contributed by atoms with Crippen LogP contribution >= 0.6 is 31.7 Å². The summed E-state index contributed by atoms with van der Waals surface area (Å²) in [6.45, 7) is 5.36. The van der Waals surface area contributed by atoms with E-state index < -0.39 is 15.8 Å². The SMILES string of the molecule is C[C@@H](C1CCCC1[PH+](C1CCCCC1)C1CCCCC1)[PH+](c1ccccc1)c1ccccc1.C[C@H](C1CCCC1[PH+](C1CCCCC1)C1CCCCC1)[PH+](c1ccccc1)c1ccccc1.[Au]. The van der Waals surface area contributed by atoms with E-state index in [1.165, 1.54) is 103 Å². The fourth-order valence-corrected chi connectivity index (χ4v) is 34.0. The molecule has 6 saturated carbocycles. The van der Waals surface area contributed by atoms with Gasteiger partial charge in [-0.25, -0.2) is 0 Å². The molecule has 6 aliphatic carbocycles. The first-order chi connectivity index (χ1) is 32.7. The van der Waals surface area contributed by atoms with Gasteiger partial charge >= 0.3 is 0 Å². The first-order valence-electron chi connectivity index (χ1n) is 28.3. The molecule has 6 atom stereocenters. The Kier molecular flexibility index (Phi) is 21.5. The maximum absolute atomic E-state index is 2.68. The van der Waals surface area contributed by atoms with Gasteiger partial charge in [-0.1, -0.05) is 98.5 Å². The Hall–Kier alpha value is -0.660. The van der Waals surface area contributed by atoms with Crippen LogP contribution in [0.2, 0.25) is 0 Å². The van der Waals surface area contributed by atoms with E-state index in [-0.39, 0.29) is 38.2 Å². The van der Waals surface area contributed by atoms with Gasteiger partial charge in [0, 0.05) is 50.1 Å². The van der Waals surface area contributed by atoms with Crippen LogP contribution in [0.25, 0.3) is 0 Å². The van der Waals surface area contributed by atoms with Crippen molar-refractivity contribution in [2.75, 3.05) is 0 Å². The Morgan fingerprint density at radius 1 is 0.299 bits per heavy atom. The molecule has 0 aromatic heterocycles. The van der Waals surface area contributed by atoms with Crippen molar-refractivity contribution in [1.82, 2.24) is 0 Å². The quantitative estimate of drug-likeness (QED) is 0.0872. The molecule has 0 spiro atoms. The Balaban J connectivity index is 0.000000179. The van der Waals surface area contributed by atoms with Crippen LogP contribution in [0, 0.1) is 11.8 Å². The van der Waals surface area contributed by atoms with E-state index in [0.29, 0.717) is 0 Å². The molecule has 4 unspecified atom stereocenters. The summed E-state index contributed by atoms with van der Waals surface area (Å²) in [7, 11) is -2.13. The predicted octanol–water partition coefficient (Wildman–Crippen LogP) is 16.6. The number of benzene rings is 4. The molecule has 1 radical (unpaired) electrons. The largest absolute Gasteiger partial charge is 0.0969 e. The summed E-state index contributed by atoms with van der Waals surface area (Å²) >= 11 is 0. The van der Waals surface area contributed by atoms with Crippen LogP contribution < -0.4 is 21.2 Å². The van der Waals surface area contributed by atoms with Crippen molar-refractivity contribution in [3.8, 4) is 0 Å². The van der Waals surface area contributed by atoms with Gasteiger partial charge in [0.05, 0.1) is 82.3 Å².